The second-order valence-electron chi connectivity index (χ2n) is 3.78. The lowest BCUT2D eigenvalue weighted by Crippen LogP contribution is -2.25. The molecule has 1 aromatic heterocycles. The molecule has 1 fully saturated rings. The van der Waals surface area contributed by atoms with Gasteiger partial charge in [0.2, 0.25) is 0 Å². The van der Waals surface area contributed by atoms with Gasteiger partial charge in [-0.05, 0) is 38.3 Å². The maximum Gasteiger partial charge on any atom is 0.338 e. The largest absolute Gasteiger partial charge is 0.459 e. The third-order valence-electron chi connectivity index (χ3n) is 2.48. The summed E-state index contributed by atoms with van der Waals surface area (Å²) in [5, 5.41) is 0.329. The van der Waals surface area contributed by atoms with Crippen LogP contribution in [-0.4, -0.2) is 17.1 Å². The van der Waals surface area contributed by atoms with E-state index in [0.29, 0.717) is 10.7 Å². The van der Waals surface area contributed by atoms with Crippen LogP contribution in [0.15, 0.2) is 12.1 Å². The fourth-order valence-electron chi connectivity index (χ4n) is 1.45. The molecule has 0 N–H and O–H groups in total. The van der Waals surface area contributed by atoms with Crippen LogP contribution in [0.1, 0.15) is 35.3 Å². The summed E-state index contributed by atoms with van der Waals surface area (Å²) in [6.45, 7) is 1.80. The molecule has 2 rings (SSSR count). The maximum absolute atomic E-state index is 11.6. The number of hydrogen-bond donors (Lipinski definition) is 0. The van der Waals surface area contributed by atoms with Crippen molar-refractivity contribution in [2.75, 3.05) is 0 Å². The molecule has 0 atom stereocenters. The Hall–Kier alpha value is -1.09. The first-order chi connectivity index (χ1) is 7.15. The molecule has 0 unspecified atom stereocenters. The molecule has 1 aliphatic carbocycles. The fourth-order valence-corrected chi connectivity index (χ4v) is 1.70. The number of aromatic nitrogens is 1. The van der Waals surface area contributed by atoms with Crippen LogP contribution in [0.25, 0.3) is 0 Å². The standard InChI is InChI=1S/C11H12ClNO2/c1-7-5-8(6-10(12)13-7)11(14)15-9-3-2-4-9/h5-6,9H,2-4H2,1H3. The minimum absolute atomic E-state index is 0.102. The lowest BCUT2D eigenvalue weighted by atomic mass is 9.96. The minimum Gasteiger partial charge on any atom is -0.459 e. The number of aryl methyl sites for hydroxylation is 1. The zero-order valence-electron chi connectivity index (χ0n) is 8.50. The summed E-state index contributed by atoms with van der Waals surface area (Å²) < 4.78 is 5.26. The molecule has 0 amide bonds. The quantitative estimate of drug-likeness (QED) is 0.574. The van der Waals surface area contributed by atoms with Crippen molar-refractivity contribution in [1.82, 2.24) is 4.98 Å². The number of rotatable bonds is 2. The van der Waals surface area contributed by atoms with E-state index in [2.05, 4.69) is 4.98 Å². The molecule has 0 radical (unpaired) electrons. The van der Waals surface area contributed by atoms with Crippen molar-refractivity contribution < 1.29 is 9.53 Å². The highest BCUT2D eigenvalue weighted by atomic mass is 35.5. The van der Waals surface area contributed by atoms with Crippen LogP contribution in [0.5, 0.6) is 0 Å². The third kappa shape index (κ3) is 2.48. The van der Waals surface area contributed by atoms with E-state index in [1.807, 2.05) is 0 Å². The molecule has 0 bridgehead atoms. The van der Waals surface area contributed by atoms with Gasteiger partial charge in [-0.2, -0.15) is 0 Å². The summed E-state index contributed by atoms with van der Waals surface area (Å²) in [5.41, 5.74) is 1.21. The molecule has 0 spiro atoms. The van der Waals surface area contributed by atoms with Crippen molar-refractivity contribution in [3.05, 3.63) is 28.5 Å². The molecule has 1 heterocycles. The summed E-state index contributed by atoms with van der Waals surface area (Å²) in [6.07, 6.45) is 3.20. The Morgan fingerprint density at radius 1 is 1.53 bits per heavy atom. The molecule has 1 saturated carbocycles. The zero-order valence-corrected chi connectivity index (χ0v) is 9.25. The summed E-state index contributed by atoms with van der Waals surface area (Å²) in [4.78, 5) is 15.6. The number of nitrogens with zero attached hydrogens (tertiary/aromatic N) is 1. The number of ether oxygens (including phenoxy) is 1. The molecule has 0 saturated heterocycles. The van der Waals surface area contributed by atoms with Gasteiger partial charge in [-0.1, -0.05) is 11.6 Å². The first-order valence-corrected chi connectivity index (χ1v) is 5.38. The summed E-state index contributed by atoms with van der Waals surface area (Å²) in [5.74, 6) is -0.299. The van der Waals surface area contributed by atoms with Crippen molar-refractivity contribution in [3.63, 3.8) is 0 Å². The van der Waals surface area contributed by atoms with Crippen LogP contribution < -0.4 is 0 Å². The molecule has 3 nitrogen and oxygen atoms in total. The fraction of sp³-hybridized carbons (Fsp3) is 0.455. The van der Waals surface area contributed by atoms with E-state index in [-0.39, 0.29) is 12.1 Å². The molecule has 1 aliphatic rings. The second-order valence-corrected chi connectivity index (χ2v) is 4.17. The van der Waals surface area contributed by atoms with Crippen LogP contribution >= 0.6 is 11.6 Å². The van der Waals surface area contributed by atoms with E-state index in [0.717, 1.165) is 25.0 Å². The Balaban J connectivity index is 2.10. The molecular formula is C11H12ClNO2. The van der Waals surface area contributed by atoms with Gasteiger partial charge in [-0.15, -0.1) is 0 Å². The predicted octanol–water partition coefficient (Wildman–Crippen LogP) is 2.75. The third-order valence-corrected chi connectivity index (χ3v) is 2.68. The predicted molar refractivity (Wildman–Crippen MR) is 57.0 cm³/mol. The van der Waals surface area contributed by atoms with Gasteiger partial charge in [0.15, 0.2) is 0 Å². The number of carbonyl (C=O) groups excluding carboxylic acids is 1. The van der Waals surface area contributed by atoms with Crippen LogP contribution in [0.2, 0.25) is 5.15 Å². The van der Waals surface area contributed by atoms with Crippen LogP contribution in [0.4, 0.5) is 0 Å². The Bertz CT molecular complexity index is 368. The molecule has 80 valence electrons. The summed E-state index contributed by atoms with van der Waals surface area (Å²) >= 11 is 5.76. The zero-order chi connectivity index (χ0) is 10.8. The van der Waals surface area contributed by atoms with Crippen molar-refractivity contribution >= 4 is 17.6 Å². The summed E-state index contributed by atoms with van der Waals surface area (Å²) in [6, 6.07) is 3.22. The first kappa shape index (κ1) is 10.4. The van der Waals surface area contributed by atoms with Crippen molar-refractivity contribution in [3.8, 4) is 0 Å². The Kier molecular flexibility index (Phi) is 2.91. The van der Waals surface area contributed by atoms with Gasteiger partial charge >= 0.3 is 5.97 Å². The van der Waals surface area contributed by atoms with Crippen molar-refractivity contribution in [1.29, 1.82) is 0 Å². The minimum atomic E-state index is -0.299. The highest BCUT2D eigenvalue weighted by molar-refractivity contribution is 6.29. The molecule has 15 heavy (non-hydrogen) atoms. The van der Waals surface area contributed by atoms with E-state index in [9.17, 15) is 4.79 Å². The SMILES string of the molecule is Cc1cc(C(=O)OC2CCC2)cc(Cl)n1. The number of pyridine rings is 1. The molecule has 1 aromatic rings. The van der Waals surface area contributed by atoms with Gasteiger partial charge in [-0.25, -0.2) is 9.78 Å². The number of halogens is 1. The lowest BCUT2D eigenvalue weighted by Gasteiger charge is -2.25. The van der Waals surface area contributed by atoms with Gasteiger partial charge < -0.3 is 4.74 Å². The van der Waals surface area contributed by atoms with Crippen LogP contribution in [0.3, 0.4) is 0 Å². The Labute approximate surface area is 93.4 Å². The van der Waals surface area contributed by atoms with Crippen LogP contribution in [-0.2, 0) is 4.74 Å². The van der Waals surface area contributed by atoms with Gasteiger partial charge in [0, 0.05) is 5.69 Å². The van der Waals surface area contributed by atoms with Gasteiger partial charge in [0.25, 0.3) is 0 Å². The average Bonchev–Trinajstić information content (AvgIpc) is 2.09. The molecule has 0 aliphatic heterocycles. The van der Waals surface area contributed by atoms with Gasteiger partial charge in [0.1, 0.15) is 11.3 Å². The van der Waals surface area contributed by atoms with Crippen molar-refractivity contribution in [2.24, 2.45) is 0 Å². The van der Waals surface area contributed by atoms with Crippen molar-refractivity contribution in [2.45, 2.75) is 32.3 Å². The Morgan fingerprint density at radius 2 is 2.27 bits per heavy atom. The average molecular weight is 226 g/mol. The number of carbonyl (C=O) groups is 1. The topological polar surface area (TPSA) is 39.2 Å². The monoisotopic (exact) mass is 225 g/mol. The van der Waals surface area contributed by atoms with E-state index < -0.39 is 0 Å². The molecule has 4 heteroatoms. The molecular weight excluding hydrogens is 214 g/mol. The number of esters is 1. The van der Waals surface area contributed by atoms with Crippen LogP contribution in [0, 0.1) is 6.92 Å². The highest BCUT2D eigenvalue weighted by Crippen LogP contribution is 2.23. The van der Waals surface area contributed by atoms with Gasteiger partial charge in [0.05, 0.1) is 5.56 Å². The Morgan fingerprint density at radius 3 is 2.80 bits per heavy atom. The van der Waals surface area contributed by atoms with E-state index in [1.54, 1.807) is 13.0 Å². The van der Waals surface area contributed by atoms with E-state index >= 15 is 0 Å². The highest BCUT2D eigenvalue weighted by Gasteiger charge is 2.22. The van der Waals surface area contributed by atoms with Gasteiger partial charge in [-0.3, -0.25) is 0 Å². The first-order valence-electron chi connectivity index (χ1n) is 5.00. The summed E-state index contributed by atoms with van der Waals surface area (Å²) in [7, 11) is 0. The molecule has 0 aromatic carbocycles. The maximum atomic E-state index is 11.6. The smallest absolute Gasteiger partial charge is 0.338 e. The second kappa shape index (κ2) is 4.19. The normalized spacial score (nSPS) is 15.9. The lowest BCUT2D eigenvalue weighted by molar-refractivity contribution is 0.00898. The number of hydrogen-bond acceptors (Lipinski definition) is 3. The van der Waals surface area contributed by atoms with E-state index in [4.69, 9.17) is 16.3 Å². The van der Waals surface area contributed by atoms with E-state index in [1.165, 1.54) is 6.07 Å².